The van der Waals surface area contributed by atoms with Crippen LogP contribution >= 0.6 is 12.6 Å². The van der Waals surface area contributed by atoms with E-state index in [2.05, 4.69) is 19.6 Å². The average molecular weight is 346 g/mol. The van der Waals surface area contributed by atoms with Crippen LogP contribution in [0.1, 0.15) is 54.9 Å². The van der Waals surface area contributed by atoms with Crippen molar-refractivity contribution in [2.75, 3.05) is 0 Å². The van der Waals surface area contributed by atoms with Crippen molar-refractivity contribution in [2.24, 2.45) is 0 Å². The Morgan fingerprint density at radius 1 is 1.04 bits per heavy atom. The number of hydrogen-bond acceptors (Lipinski definition) is 3. The van der Waals surface area contributed by atoms with E-state index in [0.29, 0.717) is 5.56 Å². The van der Waals surface area contributed by atoms with E-state index in [1.807, 2.05) is 12.1 Å². The maximum Gasteiger partial charge on any atom is 0.343 e. The van der Waals surface area contributed by atoms with Crippen LogP contribution in [0.2, 0.25) is 0 Å². The van der Waals surface area contributed by atoms with E-state index < -0.39 is 11.8 Å². The van der Waals surface area contributed by atoms with Gasteiger partial charge in [0.25, 0.3) is 0 Å². The first-order chi connectivity index (χ1) is 11.6. The highest BCUT2D eigenvalue weighted by Gasteiger charge is 2.10. The molecule has 0 atom stereocenters. The van der Waals surface area contributed by atoms with Gasteiger partial charge in [-0.25, -0.2) is 9.18 Å². The molecule has 0 spiro atoms. The van der Waals surface area contributed by atoms with Crippen LogP contribution in [0.15, 0.2) is 47.4 Å². The summed E-state index contributed by atoms with van der Waals surface area (Å²) in [5.41, 5.74) is 1.67. The predicted molar refractivity (Wildman–Crippen MR) is 97.5 cm³/mol. The Labute approximate surface area is 148 Å². The molecule has 0 fully saturated rings. The molecule has 0 aliphatic heterocycles. The Balaban J connectivity index is 1.87. The standard InChI is InChI=1S/C20H23FO2S/c1-2-3-4-5-6-7-15-8-10-16(11-9-15)20(22)23-17-12-13-19(24)18(21)14-17/h8-14,24H,2-7H2,1H3. The molecule has 0 saturated heterocycles. The van der Waals surface area contributed by atoms with E-state index in [-0.39, 0.29) is 10.6 Å². The van der Waals surface area contributed by atoms with Crippen molar-refractivity contribution in [1.82, 2.24) is 0 Å². The molecule has 0 N–H and O–H groups in total. The van der Waals surface area contributed by atoms with Gasteiger partial charge in [0.05, 0.1) is 5.56 Å². The first-order valence-electron chi connectivity index (χ1n) is 8.40. The molecular formula is C20H23FO2S. The number of halogens is 1. The second-order valence-corrected chi connectivity index (χ2v) is 6.35. The van der Waals surface area contributed by atoms with Crippen LogP contribution in [0, 0.1) is 5.82 Å². The molecule has 0 radical (unpaired) electrons. The van der Waals surface area contributed by atoms with Crippen molar-refractivity contribution in [3.63, 3.8) is 0 Å². The Hall–Kier alpha value is -1.81. The van der Waals surface area contributed by atoms with Crippen molar-refractivity contribution in [1.29, 1.82) is 0 Å². The molecule has 0 bridgehead atoms. The van der Waals surface area contributed by atoms with Crippen molar-refractivity contribution >= 4 is 18.6 Å². The molecule has 128 valence electrons. The first kappa shape index (κ1) is 18.5. The SMILES string of the molecule is CCCCCCCc1ccc(C(=O)Oc2ccc(S)c(F)c2)cc1. The second kappa shape index (κ2) is 9.48. The largest absolute Gasteiger partial charge is 0.423 e. The third-order valence-corrected chi connectivity index (χ3v) is 4.25. The van der Waals surface area contributed by atoms with Gasteiger partial charge in [0.1, 0.15) is 11.6 Å². The first-order valence-corrected chi connectivity index (χ1v) is 8.84. The number of aryl methyl sites for hydroxylation is 1. The second-order valence-electron chi connectivity index (χ2n) is 5.86. The van der Waals surface area contributed by atoms with Crippen molar-refractivity contribution < 1.29 is 13.9 Å². The summed E-state index contributed by atoms with van der Waals surface area (Å²) in [5, 5.41) is 0. The number of ether oxygens (including phenoxy) is 1. The molecule has 0 aliphatic rings. The van der Waals surface area contributed by atoms with E-state index in [9.17, 15) is 9.18 Å². The summed E-state index contributed by atoms with van der Waals surface area (Å²) in [4.78, 5) is 12.3. The minimum absolute atomic E-state index is 0.176. The van der Waals surface area contributed by atoms with E-state index in [0.717, 1.165) is 12.5 Å². The van der Waals surface area contributed by atoms with Gasteiger partial charge in [-0.2, -0.15) is 0 Å². The minimum Gasteiger partial charge on any atom is -0.423 e. The summed E-state index contributed by atoms with van der Waals surface area (Å²) in [6.07, 6.45) is 7.25. The van der Waals surface area contributed by atoms with Gasteiger partial charge in [0.15, 0.2) is 0 Å². The summed E-state index contributed by atoms with van der Waals surface area (Å²) in [6, 6.07) is 11.6. The molecular weight excluding hydrogens is 323 g/mol. The van der Waals surface area contributed by atoms with Crippen LogP contribution in [0.25, 0.3) is 0 Å². The smallest absolute Gasteiger partial charge is 0.343 e. The van der Waals surface area contributed by atoms with Crippen LogP contribution < -0.4 is 4.74 Å². The van der Waals surface area contributed by atoms with Gasteiger partial charge in [0, 0.05) is 11.0 Å². The zero-order valence-electron chi connectivity index (χ0n) is 13.9. The average Bonchev–Trinajstić information content (AvgIpc) is 2.58. The van der Waals surface area contributed by atoms with E-state index in [4.69, 9.17) is 4.74 Å². The van der Waals surface area contributed by atoms with Gasteiger partial charge in [0.2, 0.25) is 0 Å². The van der Waals surface area contributed by atoms with Crippen LogP contribution in [-0.4, -0.2) is 5.97 Å². The number of carbonyl (C=O) groups excluding carboxylic acids is 1. The molecule has 0 amide bonds. The fourth-order valence-corrected chi connectivity index (χ4v) is 2.60. The summed E-state index contributed by atoms with van der Waals surface area (Å²) in [7, 11) is 0. The summed E-state index contributed by atoms with van der Waals surface area (Å²) in [5.74, 6) is -0.826. The van der Waals surface area contributed by atoms with Gasteiger partial charge >= 0.3 is 5.97 Å². The molecule has 0 saturated carbocycles. The zero-order valence-corrected chi connectivity index (χ0v) is 14.8. The summed E-state index contributed by atoms with van der Waals surface area (Å²) in [6.45, 7) is 2.21. The van der Waals surface area contributed by atoms with Crippen LogP contribution in [0.3, 0.4) is 0 Å². The molecule has 24 heavy (non-hydrogen) atoms. The van der Waals surface area contributed by atoms with Crippen molar-refractivity contribution in [3.05, 3.63) is 59.4 Å². The van der Waals surface area contributed by atoms with Gasteiger partial charge < -0.3 is 4.74 Å². The number of benzene rings is 2. The Bertz CT molecular complexity index is 668. The Morgan fingerprint density at radius 2 is 1.75 bits per heavy atom. The fraction of sp³-hybridized carbons (Fsp3) is 0.350. The molecule has 0 unspecified atom stereocenters. The van der Waals surface area contributed by atoms with Gasteiger partial charge in [-0.1, -0.05) is 44.7 Å². The molecule has 2 nitrogen and oxygen atoms in total. The number of esters is 1. The molecule has 4 heteroatoms. The molecule has 2 aromatic rings. The van der Waals surface area contributed by atoms with Crippen molar-refractivity contribution in [2.45, 2.75) is 50.3 Å². The minimum atomic E-state index is -0.512. The quantitative estimate of drug-likeness (QED) is 0.281. The molecule has 0 aromatic heterocycles. The zero-order chi connectivity index (χ0) is 17.4. The lowest BCUT2D eigenvalue weighted by atomic mass is 10.0. The van der Waals surface area contributed by atoms with E-state index in [1.54, 1.807) is 12.1 Å². The Morgan fingerprint density at radius 3 is 2.42 bits per heavy atom. The lowest BCUT2D eigenvalue weighted by Crippen LogP contribution is -2.08. The monoisotopic (exact) mass is 346 g/mol. The lowest BCUT2D eigenvalue weighted by molar-refractivity contribution is 0.0734. The van der Waals surface area contributed by atoms with Gasteiger partial charge in [-0.15, -0.1) is 12.6 Å². The van der Waals surface area contributed by atoms with Gasteiger partial charge in [-0.05, 0) is 42.7 Å². The lowest BCUT2D eigenvalue weighted by Gasteiger charge is -2.06. The third kappa shape index (κ3) is 5.68. The maximum absolute atomic E-state index is 13.4. The highest BCUT2D eigenvalue weighted by Crippen LogP contribution is 2.20. The molecule has 0 heterocycles. The van der Waals surface area contributed by atoms with Crippen molar-refractivity contribution in [3.8, 4) is 5.75 Å². The number of rotatable bonds is 8. The fourth-order valence-electron chi connectivity index (χ4n) is 2.46. The molecule has 0 aliphatic carbocycles. The Kier molecular flexibility index (Phi) is 7.32. The van der Waals surface area contributed by atoms with Gasteiger partial charge in [-0.3, -0.25) is 0 Å². The number of thiol groups is 1. The van der Waals surface area contributed by atoms with Crippen LogP contribution in [-0.2, 0) is 6.42 Å². The van der Waals surface area contributed by atoms with E-state index >= 15 is 0 Å². The van der Waals surface area contributed by atoms with E-state index in [1.165, 1.54) is 49.8 Å². The maximum atomic E-state index is 13.4. The number of hydrogen-bond donors (Lipinski definition) is 1. The third-order valence-electron chi connectivity index (χ3n) is 3.89. The highest BCUT2D eigenvalue weighted by molar-refractivity contribution is 7.80. The van der Waals surface area contributed by atoms with Crippen LogP contribution in [0.5, 0.6) is 5.75 Å². The molecule has 2 rings (SSSR count). The number of unbranched alkanes of at least 4 members (excludes halogenated alkanes) is 4. The summed E-state index contributed by atoms with van der Waals surface area (Å²) < 4.78 is 18.6. The normalized spacial score (nSPS) is 10.6. The predicted octanol–water partition coefficient (Wildman–Crippen LogP) is 5.85. The molecule has 2 aromatic carbocycles. The summed E-state index contributed by atoms with van der Waals surface area (Å²) >= 11 is 3.95. The number of carbonyl (C=O) groups is 1. The van der Waals surface area contributed by atoms with Crippen LogP contribution in [0.4, 0.5) is 4.39 Å². The topological polar surface area (TPSA) is 26.3 Å². The highest BCUT2D eigenvalue weighted by atomic mass is 32.1.